The third-order valence-electron chi connectivity index (χ3n) is 5.50. The van der Waals surface area contributed by atoms with Crippen LogP contribution >= 0.6 is 0 Å². The van der Waals surface area contributed by atoms with E-state index in [4.69, 9.17) is 4.74 Å². The van der Waals surface area contributed by atoms with Crippen LogP contribution in [0.25, 0.3) is 0 Å². The fourth-order valence-electron chi connectivity index (χ4n) is 3.59. The zero-order chi connectivity index (χ0) is 21.8. The van der Waals surface area contributed by atoms with Gasteiger partial charge in [0.05, 0.1) is 5.69 Å². The Hall–Kier alpha value is -3.45. The van der Waals surface area contributed by atoms with Crippen molar-refractivity contribution in [2.24, 2.45) is 0 Å². The van der Waals surface area contributed by atoms with Crippen molar-refractivity contribution in [2.75, 3.05) is 37.4 Å². The van der Waals surface area contributed by atoms with E-state index in [1.807, 2.05) is 25.1 Å². The number of ether oxygens (including phenoxy) is 1. The normalized spacial score (nSPS) is 15.9. The van der Waals surface area contributed by atoms with Gasteiger partial charge in [0.25, 0.3) is 5.91 Å². The maximum Gasteiger partial charge on any atom is 0.255 e. The molecule has 1 aliphatic heterocycles. The van der Waals surface area contributed by atoms with Crippen LogP contribution in [-0.2, 0) is 0 Å². The Kier molecular flexibility index (Phi) is 6.13. The van der Waals surface area contributed by atoms with Gasteiger partial charge < -0.3 is 19.9 Å². The van der Waals surface area contributed by atoms with E-state index in [0.29, 0.717) is 23.2 Å². The summed E-state index contributed by atoms with van der Waals surface area (Å²) in [5, 5.41) is 10.9. The summed E-state index contributed by atoms with van der Waals surface area (Å²) in [6.45, 7) is 3.95. The van der Waals surface area contributed by atoms with Gasteiger partial charge in [0.15, 0.2) is 0 Å². The van der Waals surface area contributed by atoms with E-state index in [1.165, 1.54) is 12.1 Å². The second-order valence-corrected chi connectivity index (χ2v) is 7.99. The van der Waals surface area contributed by atoms with Gasteiger partial charge in [-0.1, -0.05) is 0 Å². The molecular weight excluding hydrogens is 390 g/mol. The molecule has 2 heterocycles. The molecule has 0 aliphatic carbocycles. The Labute approximate surface area is 182 Å². The predicted molar refractivity (Wildman–Crippen MR) is 122 cm³/mol. The first kappa shape index (κ1) is 20.8. The SMILES string of the molecule is Cc1ccc(Oc2ccc(C(=O)Nc3ccc(N4CCC(N(C)C)C4)cc3)cc2)nn1. The van der Waals surface area contributed by atoms with Crippen LogP contribution in [0.4, 0.5) is 11.4 Å². The summed E-state index contributed by atoms with van der Waals surface area (Å²) < 4.78 is 5.66. The molecule has 1 aliphatic rings. The maximum atomic E-state index is 12.6. The first-order chi connectivity index (χ1) is 15.0. The Morgan fingerprint density at radius 2 is 1.77 bits per heavy atom. The van der Waals surface area contributed by atoms with Gasteiger partial charge in [-0.05, 0) is 82.0 Å². The van der Waals surface area contributed by atoms with Gasteiger partial charge in [-0.2, -0.15) is 5.10 Å². The maximum absolute atomic E-state index is 12.6. The summed E-state index contributed by atoms with van der Waals surface area (Å²) in [5.41, 5.74) is 3.33. The number of nitrogens with one attached hydrogen (secondary N) is 1. The molecule has 7 heteroatoms. The molecular formula is C24H27N5O2. The van der Waals surface area contributed by atoms with Crippen molar-refractivity contribution in [3.63, 3.8) is 0 Å². The summed E-state index contributed by atoms with van der Waals surface area (Å²) >= 11 is 0. The lowest BCUT2D eigenvalue weighted by molar-refractivity contribution is 0.102. The van der Waals surface area contributed by atoms with Crippen molar-refractivity contribution in [1.29, 1.82) is 0 Å². The topological polar surface area (TPSA) is 70.6 Å². The molecule has 0 radical (unpaired) electrons. The number of aromatic nitrogens is 2. The van der Waals surface area contributed by atoms with E-state index in [0.717, 1.165) is 24.5 Å². The number of benzene rings is 2. The average Bonchev–Trinajstić information content (AvgIpc) is 3.27. The Morgan fingerprint density at radius 3 is 2.39 bits per heavy atom. The highest BCUT2D eigenvalue weighted by Gasteiger charge is 2.23. The van der Waals surface area contributed by atoms with Crippen LogP contribution < -0.4 is 15.0 Å². The number of aryl methyl sites for hydroxylation is 1. The number of amides is 1. The van der Waals surface area contributed by atoms with Crippen LogP contribution in [0.1, 0.15) is 22.5 Å². The molecule has 1 saturated heterocycles. The second-order valence-electron chi connectivity index (χ2n) is 7.99. The van der Waals surface area contributed by atoms with Gasteiger partial charge in [-0.25, -0.2) is 0 Å². The average molecular weight is 418 g/mol. The van der Waals surface area contributed by atoms with Crippen LogP contribution in [0.2, 0.25) is 0 Å². The number of carbonyl (C=O) groups is 1. The van der Waals surface area contributed by atoms with E-state index in [-0.39, 0.29) is 5.91 Å². The van der Waals surface area contributed by atoms with Crippen molar-refractivity contribution < 1.29 is 9.53 Å². The van der Waals surface area contributed by atoms with Crippen molar-refractivity contribution in [1.82, 2.24) is 15.1 Å². The van der Waals surface area contributed by atoms with Gasteiger partial charge >= 0.3 is 0 Å². The number of rotatable bonds is 6. The van der Waals surface area contributed by atoms with E-state index >= 15 is 0 Å². The molecule has 31 heavy (non-hydrogen) atoms. The highest BCUT2D eigenvalue weighted by Crippen LogP contribution is 2.24. The third-order valence-corrected chi connectivity index (χ3v) is 5.50. The zero-order valence-electron chi connectivity index (χ0n) is 18.1. The first-order valence-electron chi connectivity index (χ1n) is 10.4. The standard InChI is InChI=1S/C24H27N5O2/c1-17-4-13-23(27-26-17)31-22-11-5-18(6-12-22)24(30)25-19-7-9-20(10-8-19)29-15-14-21(16-29)28(2)3/h4-13,21H,14-16H2,1-3H3,(H,25,30). The third kappa shape index (κ3) is 5.19. The first-order valence-corrected chi connectivity index (χ1v) is 10.4. The number of hydrogen-bond acceptors (Lipinski definition) is 6. The van der Waals surface area contributed by atoms with Crippen LogP contribution in [0, 0.1) is 6.92 Å². The Bertz CT molecular complexity index is 1020. The molecule has 1 atom stereocenters. The predicted octanol–water partition coefficient (Wildman–Crippen LogP) is 3.97. The highest BCUT2D eigenvalue weighted by molar-refractivity contribution is 6.04. The van der Waals surface area contributed by atoms with E-state index in [2.05, 4.69) is 51.5 Å². The second kappa shape index (κ2) is 9.14. The molecule has 1 aromatic heterocycles. The van der Waals surface area contributed by atoms with Gasteiger partial charge in [-0.15, -0.1) is 5.10 Å². The molecule has 160 valence electrons. The fourth-order valence-corrected chi connectivity index (χ4v) is 3.59. The molecule has 0 spiro atoms. The summed E-state index contributed by atoms with van der Waals surface area (Å²) in [7, 11) is 4.25. The summed E-state index contributed by atoms with van der Waals surface area (Å²) in [5.74, 6) is 0.849. The Morgan fingerprint density at radius 1 is 1.03 bits per heavy atom. The van der Waals surface area contributed by atoms with Gasteiger partial charge in [0.1, 0.15) is 5.75 Å². The molecule has 0 saturated carbocycles. The van der Waals surface area contributed by atoms with Gasteiger partial charge in [-0.3, -0.25) is 4.79 Å². The number of hydrogen-bond donors (Lipinski definition) is 1. The molecule has 0 bridgehead atoms. The van der Waals surface area contributed by atoms with E-state index < -0.39 is 0 Å². The lowest BCUT2D eigenvalue weighted by Crippen LogP contribution is -2.31. The van der Waals surface area contributed by atoms with E-state index in [1.54, 1.807) is 30.3 Å². The zero-order valence-corrected chi connectivity index (χ0v) is 18.1. The smallest absolute Gasteiger partial charge is 0.255 e. The van der Waals surface area contributed by atoms with E-state index in [9.17, 15) is 4.79 Å². The summed E-state index contributed by atoms with van der Waals surface area (Å²) in [4.78, 5) is 17.2. The monoisotopic (exact) mass is 417 g/mol. The minimum Gasteiger partial charge on any atom is -0.438 e. The molecule has 4 rings (SSSR count). The lowest BCUT2D eigenvalue weighted by Gasteiger charge is -2.22. The Balaban J connectivity index is 1.34. The number of nitrogens with zero attached hydrogens (tertiary/aromatic N) is 4. The van der Waals surface area contributed by atoms with Crippen LogP contribution in [0.3, 0.4) is 0 Å². The molecule has 2 aromatic carbocycles. The molecule has 1 amide bonds. The molecule has 7 nitrogen and oxygen atoms in total. The van der Waals surface area contributed by atoms with Crippen molar-refractivity contribution in [3.05, 3.63) is 71.9 Å². The van der Waals surface area contributed by atoms with Crippen LogP contribution in [0.15, 0.2) is 60.7 Å². The quantitative estimate of drug-likeness (QED) is 0.654. The minimum absolute atomic E-state index is 0.164. The van der Waals surface area contributed by atoms with Crippen molar-refractivity contribution >= 4 is 17.3 Å². The van der Waals surface area contributed by atoms with Gasteiger partial charge in [0, 0.05) is 42.1 Å². The molecule has 3 aromatic rings. The largest absolute Gasteiger partial charge is 0.438 e. The summed E-state index contributed by atoms with van der Waals surface area (Å²) in [6.07, 6.45) is 1.17. The fraction of sp³-hybridized carbons (Fsp3) is 0.292. The number of carbonyl (C=O) groups excluding carboxylic acids is 1. The molecule has 1 fully saturated rings. The highest BCUT2D eigenvalue weighted by atomic mass is 16.5. The number of anilines is 2. The van der Waals surface area contributed by atoms with Gasteiger partial charge in [0.2, 0.25) is 5.88 Å². The van der Waals surface area contributed by atoms with Crippen LogP contribution in [-0.4, -0.2) is 54.2 Å². The number of likely N-dealkylation sites (N-methyl/N-ethyl adjacent to an activating group) is 1. The lowest BCUT2D eigenvalue weighted by atomic mass is 10.2. The van der Waals surface area contributed by atoms with Crippen molar-refractivity contribution in [3.8, 4) is 11.6 Å². The summed E-state index contributed by atoms with van der Waals surface area (Å²) in [6, 6.07) is 19.1. The minimum atomic E-state index is -0.164. The molecule has 1 N–H and O–H groups in total. The molecule has 1 unspecified atom stereocenters. The van der Waals surface area contributed by atoms with Crippen molar-refractivity contribution in [2.45, 2.75) is 19.4 Å². The van der Waals surface area contributed by atoms with Crippen LogP contribution in [0.5, 0.6) is 11.6 Å².